The Bertz CT molecular complexity index is 518. The molecular weight excluding hydrogens is 278 g/mol. The van der Waals surface area contributed by atoms with Gasteiger partial charge in [0.2, 0.25) is 5.91 Å². The first kappa shape index (κ1) is 14.9. The van der Waals surface area contributed by atoms with Gasteiger partial charge >= 0.3 is 5.97 Å². The summed E-state index contributed by atoms with van der Waals surface area (Å²) < 4.78 is 0. The van der Waals surface area contributed by atoms with E-state index in [4.69, 9.17) is 16.7 Å². The van der Waals surface area contributed by atoms with Crippen molar-refractivity contribution < 1.29 is 14.7 Å². The van der Waals surface area contributed by atoms with Crippen molar-refractivity contribution in [3.63, 3.8) is 0 Å². The van der Waals surface area contributed by atoms with Crippen LogP contribution in [0.15, 0.2) is 24.3 Å². The molecule has 0 heterocycles. The van der Waals surface area contributed by atoms with Gasteiger partial charge in [-0.05, 0) is 31.4 Å². The third-order valence-electron chi connectivity index (χ3n) is 3.90. The minimum Gasteiger partial charge on any atom is -0.481 e. The van der Waals surface area contributed by atoms with Crippen LogP contribution in [0.1, 0.15) is 37.8 Å². The molecule has 0 saturated heterocycles. The summed E-state index contributed by atoms with van der Waals surface area (Å²) in [6.45, 7) is 1.85. The lowest BCUT2D eigenvalue weighted by Gasteiger charge is -2.20. The average Bonchev–Trinajstić information content (AvgIpc) is 2.88. The summed E-state index contributed by atoms with van der Waals surface area (Å²) in [6.07, 6.45) is 2.00. The molecule has 2 unspecified atom stereocenters. The molecule has 1 saturated carbocycles. The van der Waals surface area contributed by atoms with E-state index in [0.29, 0.717) is 17.9 Å². The summed E-state index contributed by atoms with van der Waals surface area (Å²) in [6, 6.07) is 7.09. The van der Waals surface area contributed by atoms with E-state index in [0.717, 1.165) is 12.0 Å². The monoisotopic (exact) mass is 295 g/mol. The van der Waals surface area contributed by atoms with Crippen molar-refractivity contribution in [1.29, 1.82) is 0 Å². The number of aliphatic carboxylic acids is 1. The molecule has 108 valence electrons. The number of hydrogen-bond acceptors (Lipinski definition) is 2. The van der Waals surface area contributed by atoms with Gasteiger partial charge < -0.3 is 10.4 Å². The summed E-state index contributed by atoms with van der Waals surface area (Å²) in [7, 11) is 0. The van der Waals surface area contributed by atoms with Gasteiger partial charge in [-0.3, -0.25) is 9.59 Å². The highest BCUT2D eigenvalue weighted by molar-refractivity contribution is 6.31. The molecule has 0 aliphatic heterocycles. The zero-order chi connectivity index (χ0) is 14.7. The Morgan fingerprint density at radius 1 is 1.30 bits per heavy atom. The Morgan fingerprint density at radius 2 is 1.95 bits per heavy atom. The normalized spacial score (nSPS) is 23.3. The number of carboxylic acid groups (broad SMARTS) is 1. The lowest BCUT2D eigenvalue weighted by atomic mass is 9.94. The second-order valence-electron chi connectivity index (χ2n) is 5.23. The van der Waals surface area contributed by atoms with Gasteiger partial charge in [-0.25, -0.2) is 0 Å². The van der Waals surface area contributed by atoms with Crippen LogP contribution >= 0.6 is 11.6 Å². The van der Waals surface area contributed by atoms with Crippen molar-refractivity contribution in [2.45, 2.75) is 32.2 Å². The largest absolute Gasteiger partial charge is 0.481 e. The maximum atomic E-state index is 12.2. The smallest absolute Gasteiger partial charge is 0.307 e. The third kappa shape index (κ3) is 3.12. The van der Waals surface area contributed by atoms with Crippen LogP contribution in [0.3, 0.4) is 0 Å². The second kappa shape index (κ2) is 6.27. The van der Waals surface area contributed by atoms with Gasteiger partial charge in [0, 0.05) is 5.02 Å². The Hall–Kier alpha value is -1.55. The quantitative estimate of drug-likeness (QED) is 0.897. The van der Waals surface area contributed by atoms with Crippen LogP contribution in [0.2, 0.25) is 5.02 Å². The van der Waals surface area contributed by atoms with Crippen molar-refractivity contribution in [1.82, 2.24) is 5.32 Å². The standard InChI is InChI=1S/C15H18ClNO3/c1-9(10-5-2-3-8-13(10)16)17-14(18)11-6-4-7-12(11)15(19)20/h2-3,5,8-9,11-12H,4,6-7H2,1H3,(H,17,18)(H,19,20)/t9-,11?,12?/m0/s1. The van der Waals surface area contributed by atoms with Crippen molar-refractivity contribution in [2.24, 2.45) is 11.8 Å². The molecule has 1 amide bonds. The lowest BCUT2D eigenvalue weighted by Crippen LogP contribution is -2.36. The fraction of sp³-hybridized carbons (Fsp3) is 0.467. The summed E-state index contributed by atoms with van der Waals surface area (Å²) in [5.74, 6) is -2.07. The van der Waals surface area contributed by atoms with Crippen molar-refractivity contribution in [3.8, 4) is 0 Å². The molecule has 1 aromatic carbocycles. The van der Waals surface area contributed by atoms with E-state index < -0.39 is 17.8 Å². The zero-order valence-corrected chi connectivity index (χ0v) is 12.1. The van der Waals surface area contributed by atoms with Gasteiger partial charge in [-0.15, -0.1) is 0 Å². The number of rotatable bonds is 4. The van der Waals surface area contributed by atoms with Crippen LogP contribution in [0.4, 0.5) is 0 Å². The highest BCUT2D eigenvalue weighted by atomic mass is 35.5. The minimum absolute atomic E-state index is 0.192. The number of carbonyl (C=O) groups is 2. The average molecular weight is 296 g/mol. The van der Waals surface area contributed by atoms with Gasteiger partial charge in [-0.1, -0.05) is 36.2 Å². The first-order chi connectivity index (χ1) is 9.50. The minimum atomic E-state index is -0.881. The maximum absolute atomic E-state index is 12.2. The van der Waals surface area contributed by atoms with Crippen LogP contribution in [0, 0.1) is 11.8 Å². The molecule has 0 radical (unpaired) electrons. The van der Waals surface area contributed by atoms with Crippen LogP contribution in [-0.2, 0) is 9.59 Å². The molecule has 4 nitrogen and oxygen atoms in total. The number of amides is 1. The number of halogens is 1. The van der Waals surface area contributed by atoms with Crippen LogP contribution < -0.4 is 5.32 Å². The first-order valence-corrected chi connectivity index (χ1v) is 7.16. The summed E-state index contributed by atoms with van der Waals surface area (Å²) in [4.78, 5) is 23.4. The molecule has 5 heteroatoms. The SMILES string of the molecule is C[C@H](NC(=O)C1CCCC1C(=O)O)c1ccccc1Cl. The van der Waals surface area contributed by atoms with E-state index in [2.05, 4.69) is 5.32 Å². The molecule has 20 heavy (non-hydrogen) atoms. The maximum Gasteiger partial charge on any atom is 0.307 e. The molecule has 1 aromatic rings. The highest BCUT2D eigenvalue weighted by Crippen LogP contribution is 2.33. The predicted octanol–water partition coefficient (Wildman–Crippen LogP) is 3.02. The predicted molar refractivity (Wildman–Crippen MR) is 76.5 cm³/mol. The van der Waals surface area contributed by atoms with E-state index >= 15 is 0 Å². The molecule has 1 aliphatic carbocycles. The summed E-state index contributed by atoms with van der Waals surface area (Å²) >= 11 is 6.10. The van der Waals surface area contributed by atoms with Gasteiger partial charge in [0.05, 0.1) is 17.9 Å². The molecular formula is C15H18ClNO3. The molecule has 0 spiro atoms. The topological polar surface area (TPSA) is 66.4 Å². The van der Waals surface area contributed by atoms with E-state index in [1.54, 1.807) is 6.07 Å². The van der Waals surface area contributed by atoms with Crippen molar-refractivity contribution in [3.05, 3.63) is 34.9 Å². The van der Waals surface area contributed by atoms with Crippen molar-refractivity contribution >= 4 is 23.5 Å². The van der Waals surface area contributed by atoms with E-state index in [1.807, 2.05) is 25.1 Å². The number of benzene rings is 1. The first-order valence-electron chi connectivity index (χ1n) is 6.78. The van der Waals surface area contributed by atoms with Gasteiger partial charge in [0.1, 0.15) is 0 Å². The van der Waals surface area contributed by atoms with Gasteiger partial charge in [0.25, 0.3) is 0 Å². The van der Waals surface area contributed by atoms with E-state index in [9.17, 15) is 9.59 Å². The number of hydrogen-bond donors (Lipinski definition) is 2. The number of carboxylic acids is 1. The molecule has 3 atom stereocenters. The van der Waals surface area contributed by atoms with Crippen molar-refractivity contribution in [2.75, 3.05) is 0 Å². The molecule has 2 N–H and O–H groups in total. The highest BCUT2D eigenvalue weighted by Gasteiger charge is 2.38. The fourth-order valence-electron chi connectivity index (χ4n) is 2.79. The molecule has 1 aliphatic rings. The van der Waals surface area contributed by atoms with Gasteiger partial charge in [0.15, 0.2) is 0 Å². The number of nitrogens with one attached hydrogen (secondary N) is 1. The Balaban J connectivity index is 2.04. The molecule has 0 bridgehead atoms. The van der Waals surface area contributed by atoms with E-state index in [-0.39, 0.29) is 11.9 Å². The summed E-state index contributed by atoms with van der Waals surface area (Å²) in [5, 5.41) is 12.6. The number of carbonyl (C=O) groups excluding carboxylic acids is 1. The molecule has 2 rings (SSSR count). The zero-order valence-electron chi connectivity index (χ0n) is 11.3. The van der Waals surface area contributed by atoms with Gasteiger partial charge in [-0.2, -0.15) is 0 Å². The Kier molecular flexibility index (Phi) is 4.65. The second-order valence-corrected chi connectivity index (χ2v) is 5.64. The summed E-state index contributed by atoms with van der Waals surface area (Å²) in [5.41, 5.74) is 0.840. The molecule has 0 aromatic heterocycles. The Morgan fingerprint density at radius 3 is 2.60 bits per heavy atom. The fourth-order valence-corrected chi connectivity index (χ4v) is 3.09. The third-order valence-corrected chi connectivity index (χ3v) is 4.24. The van der Waals surface area contributed by atoms with E-state index in [1.165, 1.54) is 0 Å². The van der Waals surface area contributed by atoms with Crippen LogP contribution in [0.5, 0.6) is 0 Å². The van der Waals surface area contributed by atoms with Crippen LogP contribution in [-0.4, -0.2) is 17.0 Å². The molecule has 1 fully saturated rings. The van der Waals surface area contributed by atoms with Crippen LogP contribution in [0.25, 0.3) is 0 Å². The Labute approximate surface area is 123 Å². The lowest BCUT2D eigenvalue weighted by molar-refractivity contribution is -0.146.